The summed E-state index contributed by atoms with van der Waals surface area (Å²) >= 11 is 0. The molecule has 1 N–H and O–H groups in total. The molecule has 1 aromatic rings. The van der Waals surface area contributed by atoms with Gasteiger partial charge in [0, 0.05) is 18.6 Å². The van der Waals surface area contributed by atoms with Gasteiger partial charge in [0.15, 0.2) is 0 Å². The third-order valence-electron chi connectivity index (χ3n) is 4.59. The SMILES string of the molecule is CC(C)N1CCCC(NCC(c2ccco2)N(C)C)CC1. The van der Waals surface area contributed by atoms with Crippen molar-refractivity contribution < 1.29 is 4.42 Å². The molecule has 2 heterocycles. The Balaban J connectivity index is 1.84. The summed E-state index contributed by atoms with van der Waals surface area (Å²) in [5.74, 6) is 1.05. The van der Waals surface area contributed by atoms with E-state index in [-0.39, 0.29) is 0 Å². The number of nitrogens with one attached hydrogen (secondary N) is 1. The van der Waals surface area contributed by atoms with Crippen LogP contribution in [0.25, 0.3) is 0 Å². The number of likely N-dealkylation sites (tertiary alicyclic amines) is 1. The quantitative estimate of drug-likeness (QED) is 0.874. The fraction of sp³-hybridized carbons (Fsp3) is 0.765. The zero-order chi connectivity index (χ0) is 15.2. The van der Waals surface area contributed by atoms with Crippen LogP contribution in [0.1, 0.15) is 44.9 Å². The van der Waals surface area contributed by atoms with Crippen molar-refractivity contribution in [3.05, 3.63) is 24.2 Å². The van der Waals surface area contributed by atoms with E-state index < -0.39 is 0 Å². The highest BCUT2D eigenvalue weighted by Crippen LogP contribution is 2.19. The summed E-state index contributed by atoms with van der Waals surface area (Å²) in [5.41, 5.74) is 0. The lowest BCUT2D eigenvalue weighted by Gasteiger charge is -2.26. The molecule has 21 heavy (non-hydrogen) atoms. The smallest absolute Gasteiger partial charge is 0.122 e. The first kappa shape index (κ1) is 16.5. The summed E-state index contributed by atoms with van der Waals surface area (Å²) in [7, 11) is 4.23. The lowest BCUT2D eigenvalue weighted by atomic mass is 10.1. The van der Waals surface area contributed by atoms with Crippen molar-refractivity contribution in [1.82, 2.24) is 15.1 Å². The van der Waals surface area contributed by atoms with Gasteiger partial charge in [-0.05, 0) is 72.4 Å². The first-order valence-electron chi connectivity index (χ1n) is 8.25. The Kier molecular flexibility index (Phi) is 6.27. The second-order valence-corrected chi connectivity index (χ2v) is 6.66. The number of hydrogen-bond donors (Lipinski definition) is 1. The van der Waals surface area contributed by atoms with E-state index in [0.29, 0.717) is 18.1 Å². The molecular weight excluding hydrogens is 262 g/mol. The molecule has 0 spiro atoms. The van der Waals surface area contributed by atoms with Gasteiger partial charge >= 0.3 is 0 Å². The van der Waals surface area contributed by atoms with Crippen LogP contribution in [0, 0.1) is 0 Å². The van der Waals surface area contributed by atoms with Crippen molar-refractivity contribution in [1.29, 1.82) is 0 Å². The molecule has 0 amide bonds. The molecule has 0 radical (unpaired) electrons. The van der Waals surface area contributed by atoms with Crippen molar-refractivity contribution in [3.8, 4) is 0 Å². The van der Waals surface area contributed by atoms with E-state index in [1.165, 1.54) is 32.4 Å². The number of furan rings is 1. The van der Waals surface area contributed by atoms with Gasteiger partial charge in [0.2, 0.25) is 0 Å². The van der Waals surface area contributed by atoms with Crippen molar-refractivity contribution in [3.63, 3.8) is 0 Å². The maximum atomic E-state index is 5.58. The fourth-order valence-electron chi connectivity index (χ4n) is 3.14. The summed E-state index contributed by atoms with van der Waals surface area (Å²) in [6.07, 6.45) is 5.58. The topological polar surface area (TPSA) is 31.6 Å². The van der Waals surface area contributed by atoms with Crippen LogP contribution >= 0.6 is 0 Å². The molecule has 0 aliphatic carbocycles. The Morgan fingerprint density at radius 1 is 1.33 bits per heavy atom. The highest BCUT2D eigenvalue weighted by Gasteiger charge is 2.21. The summed E-state index contributed by atoms with van der Waals surface area (Å²) in [4.78, 5) is 4.82. The zero-order valence-electron chi connectivity index (χ0n) is 14.0. The van der Waals surface area contributed by atoms with Crippen LogP contribution in [0.3, 0.4) is 0 Å². The number of rotatable bonds is 6. The molecule has 1 aliphatic heterocycles. The lowest BCUT2D eigenvalue weighted by Crippen LogP contribution is -2.38. The molecule has 1 aromatic heterocycles. The average Bonchev–Trinajstić information content (AvgIpc) is 2.84. The minimum Gasteiger partial charge on any atom is -0.468 e. The van der Waals surface area contributed by atoms with Crippen LogP contribution in [-0.4, -0.2) is 55.6 Å². The van der Waals surface area contributed by atoms with Gasteiger partial charge in [0.25, 0.3) is 0 Å². The first-order valence-corrected chi connectivity index (χ1v) is 8.25. The predicted octanol–water partition coefficient (Wildman–Crippen LogP) is 2.73. The van der Waals surface area contributed by atoms with Crippen molar-refractivity contribution in [2.24, 2.45) is 0 Å². The van der Waals surface area contributed by atoms with Crippen LogP contribution in [0.15, 0.2) is 22.8 Å². The summed E-state index contributed by atoms with van der Waals surface area (Å²) < 4.78 is 5.58. The molecule has 120 valence electrons. The van der Waals surface area contributed by atoms with Gasteiger partial charge in [0.1, 0.15) is 5.76 Å². The largest absolute Gasteiger partial charge is 0.468 e. The van der Waals surface area contributed by atoms with Gasteiger partial charge < -0.3 is 14.6 Å². The Morgan fingerprint density at radius 2 is 2.14 bits per heavy atom. The lowest BCUT2D eigenvalue weighted by molar-refractivity contribution is 0.224. The molecule has 0 aromatic carbocycles. The van der Waals surface area contributed by atoms with Gasteiger partial charge in [-0.2, -0.15) is 0 Å². The van der Waals surface area contributed by atoms with Crippen molar-refractivity contribution >= 4 is 0 Å². The van der Waals surface area contributed by atoms with Crippen LogP contribution < -0.4 is 5.32 Å². The molecule has 1 aliphatic rings. The highest BCUT2D eigenvalue weighted by atomic mass is 16.3. The second kappa shape index (κ2) is 7.97. The minimum absolute atomic E-state index is 0.310. The fourth-order valence-corrected chi connectivity index (χ4v) is 3.14. The highest BCUT2D eigenvalue weighted by molar-refractivity contribution is 5.05. The third-order valence-corrected chi connectivity index (χ3v) is 4.59. The molecule has 4 nitrogen and oxygen atoms in total. The van der Waals surface area contributed by atoms with Crippen molar-refractivity contribution in [2.75, 3.05) is 33.7 Å². The number of likely N-dealkylation sites (N-methyl/N-ethyl adjacent to an activating group) is 1. The summed E-state index contributed by atoms with van der Waals surface area (Å²) in [6, 6.07) is 5.65. The van der Waals surface area contributed by atoms with Crippen LogP contribution in [0.2, 0.25) is 0 Å². The minimum atomic E-state index is 0.310. The van der Waals surface area contributed by atoms with E-state index in [2.05, 4.69) is 49.1 Å². The molecule has 2 atom stereocenters. The normalized spacial score (nSPS) is 22.7. The summed E-state index contributed by atoms with van der Waals surface area (Å²) in [5, 5.41) is 3.76. The Morgan fingerprint density at radius 3 is 2.76 bits per heavy atom. The molecule has 0 bridgehead atoms. The molecular formula is C17H31N3O. The van der Waals surface area contributed by atoms with E-state index in [1.54, 1.807) is 6.26 Å². The monoisotopic (exact) mass is 293 g/mol. The number of hydrogen-bond acceptors (Lipinski definition) is 4. The number of nitrogens with zero attached hydrogens (tertiary/aromatic N) is 2. The van der Waals surface area contributed by atoms with Crippen LogP contribution in [0.5, 0.6) is 0 Å². The van der Waals surface area contributed by atoms with E-state index in [0.717, 1.165) is 12.3 Å². The maximum Gasteiger partial charge on any atom is 0.122 e. The zero-order valence-corrected chi connectivity index (χ0v) is 14.0. The maximum absolute atomic E-state index is 5.58. The van der Waals surface area contributed by atoms with E-state index >= 15 is 0 Å². The molecule has 2 unspecified atom stereocenters. The Bertz CT molecular complexity index is 389. The van der Waals surface area contributed by atoms with Crippen LogP contribution in [0.4, 0.5) is 0 Å². The van der Waals surface area contributed by atoms with E-state index in [9.17, 15) is 0 Å². The van der Waals surface area contributed by atoms with Gasteiger partial charge in [-0.15, -0.1) is 0 Å². The molecule has 4 heteroatoms. The van der Waals surface area contributed by atoms with Gasteiger partial charge in [0.05, 0.1) is 12.3 Å². The summed E-state index contributed by atoms with van der Waals surface area (Å²) in [6.45, 7) is 8.00. The van der Waals surface area contributed by atoms with E-state index in [4.69, 9.17) is 4.42 Å². The predicted molar refractivity (Wildman–Crippen MR) is 87.5 cm³/mol. The van der Waals surface area contributed by atoms with Gasteiger partial charge in [-0.3, -0.25) is 4.90 Å². The molecule has 1 saturated heterocycles. The average molecular weight is 293 g/mol. The van der Waals surface area contributed by atoms with Gasteiger partial charge in [-0.25, -0.2) is 0 Å². The standard InChI is InChI=1S/C17H31N3O/c1-14(2)20-10-5-7-15(9-11-20)18-13-16(19(3)4)17-8-6-12-21-17/h6,8,12,14-16,18H,5,7,9-11,13H2,1-4H3. The molecule has 1 fully saturated rings. The first-order chi connectivity index (χ1) is 10.1. The van der Waals surface area contributed by atoms with Crippen molar-refractivity contribution in [2.45, 2.75) is 51.2 Å². The van der Waals surface area contributed by atoms with Crippen LogP contribution in [-0.2, 0) is 0 Å². The Hall–Kier alpha value is -0.840. The second-order valence-electron chi connectivity index (χ2n) is 6.66. The van der Waals surface area contributed by atoms with E-state index in [1.807, 2.05) is 6.07 Å². The third kappa shape index (κ3) is 4.83. The molecule has 2 rings (SSSR count). The Labute approximate surface area is 129 Å². The van der Waals surface area contributed by atoms with Gasteiger partial charge in [-0.1, -0.05) is 0 Å². The molecule has 0 saturated carbocycles.